The zero-order valence-electron chi connectivity index (χ0n) is 15.7. The Bertz CT molecular complexity index is 623. The van der Waals surface area contributed by atoms with Gasteiger partial charge in [0.2, 0.25) is 5.91 Å². The number of piperidine rings is 1. The summed E-state index contributed by atoms with van der Waals surface area (Å²) >= 11 is 0. The van der Waals surface area contributed by atoms with Crippen LogP contribution in [0.15, 0.2) is 24.3 Å². The molecule has 142 valence electrons. The van der Waals surface area contributed by atoms with Crippen molar-refractivity contribution in [1.82, 2.24) is 10.2 Å². The predicted octanol–water partition coefficient (Wildman–Crippen LogP) is 2.15. The first kappa shape index (κ1) is 19.1. The molecule has 0 unspecified atom stereocenters. The van der Waals surface area contributed by atoms with Crippen LogP contribution in [0.1, 0.15) is 49.7 Å². The summed E-state index contributed by atoms with van der Waals surface area (Å²) in [5, 5.41) is 14.0. The van der Waals surface area contributed by atoms with Crippen molar-refractivity contribution in [1.29, 1.82) is 0 Å². The number of Topliss-reactive ketones (excluding diaryl/α,β-unsaturated/α-hetero) is 1. The van der Waals surface area contributed by atoms with Gasteiger partial charge in [0.15, 0.2) is 0 Å². The van der Waals surface area contributed by atoms with Crippen molar-refractivity contribution in [2.75, 3.05) is 26.2 Å². The van der Waals surface area contributed by atoms with E-state index in [1.165, 1.54) is 5.56 Å². The minimum atomic E-state index is -0.734. The molecule has 0 radical (unpaired) electrons. The summed E-state index contributed by atoms with van der Waals surface area (Å²) in [4.78, 5) is 25.7. The average molecular weight is 358 g/mol. The minimum absolute atomic E-state index is 0.000634. The zero-order valence-corrected chi connectivity index (χ0v) is 15.7. The third-order valence-corrected chi connectivity index (χ3v) is 5.91. The van der Waals surface area contributed by atoms with Crippen molar-refractivity contribution in [2.24, 2.45) is 5.92 Å². The van der Waals surface area contributed by atoms with Gasteiger partial charge in [-0.3, -0.25) is 9.59 Å². The first-order valence-electron chi connectivity index (χ1n) is 9.77. The Kier molecular flexibility index (Phi) is 6.09. The summed E-state index contributed by atoms with van der Waals surface area (Å²) in [6, 6.07) is 8.16. The first-order valence-corrected chi connectivity index (χ1v) is 9.77. The lowest BCUT2D eigenvalue weighted by Crippen LogP contribution is -2.45. The van der Waals surface area contributed by atoms with Crippen LogP contribution in [-0.2, 0) is 15.2 Å². The number of benzene rings is 1. The molecular formula is C21H30N2O3. The Morgan fingerprint density at radius 3 is 2.42 bits per heavy atom. The lowest BCUT2D eigenvalue weighted by atomic mass is 9.84. The van der Waals surface area contributed by atoms with Crippen LogP contribution in [0, 0.1) is 12.8 Å². The van der Waals surface area contributed by atoms with Gasteiger partial charge in [-0.1, -0.05) is 29.8 Å². The smallest absolute Gasteiger partial charge is 0.223 e. The van der Waals surface area contributed by atoms with Crippen LogP contribution < -0.4 is 5.32 Å². The molecule has 5 nitrogen and oxygen atoms in total. The molecule has 0 spiro atoms. The van der Waals surface area contributed by atoms with Gasteiger partial charge in [-0.2, -0.15) is 0 Å². The molecule has 0 bridgehead atoms. The molecule has 0 atom stereocenters. The van der Waals surface area contributed by atoms with Gasteiger partial charge < -0.3 is 15.3 Å². The Hall–Kier alpha value is -1.72. The molecule has 1 heterocycles. The van der Waals surface area contributed by atoms with Gasteiger partial charge in [-0.15, -0.1) is 0 Å². The second-order valence-electron chi connectivity index (χ2n) is 7.84. The monoisotopic (exact) mass is 358 g/mol. The number of hydrogen-bond donors (Lipinski definition) is 2. The second-order valence-corrected chi connectivity index (χ2v) is 7.84. The maximum absolute atomic E-state index is 12.2. The van der Waals surface area contributed by atoms with Gasteiger partial charge in [-0.25, -0.2) is 0 Å². The van der Waals surface area contributed by atoms with Crippen molar-refractivity contribution in [3.8, 4) is 0 Å². The van der Waals surface area contributed by atoms with Crippen LogP contribution in [0.25, 0.3) is 0 Å². The maximum Gasteiger partial charge on any atom is 0.223 e. The fraction of sp³-hybridized carbons (Fsp3) is 0.619. The van der Waals surface area contributed by atoms with E-state index >= 15 is 0 Å². The van der Waals surface area contributed by atoms with Crippen molar-refractivity contribution >= 4 is 11.7 Å². The zero-order chi connectivity index (χ0) is 18.6. The third kappa shape index (κ3) is 4.71. The first-order chi connectivity index (χ1) is 12.5. The number of rotatable bonds is 5. The quantitative estimate of drug-likeness (QED) is 0.846. The largest absolute Gasteiger partial charge is 0.385 e. The maximum atomic E-state index is 12.2. The topological polar surface area (TPSA) is 69.6 Å². The summed E-state index contributed by atoms with van der Waals surface area (Å²) in [6.45, 7) is 5.15. The number of nitrogens with zero attached hydrogens (tertiary/aromatic N) is 1. The molecule has 1 amide bonds. The Morgan fingerprint density at radius 2 is 1.81 bits per heavy atom. The third-order valence-electron chi connectivity index (χ3n) is 5.91. The van der Waals surface area contributed by atoms with E-state index in [2.05, 4.69) is 17.1 Å². The van der Waals surface area contributed by atoms with Crippen LogP contribution in [0.3, 0.4) is 0 Å². The van der Waals surface area contributed by atoms with Gasteiger partial charge in [0, 0.05) is 44.9 Å². The van der Waals surface area contributed by atoms with Gasteiger partial charge in [0.25, 0.3) is 0 Å². The van der Waals surface area contributed by atoms with Gasteiger partial charge in [0.05, 0.1) is 5.60 Å². The highest BCUT2D eigenvalue weighted by molar-refractivity contribution is 5.84. The molecule has 26 heavy (non-hydrogen) atoms. The van der Waals surface area contributed by atoms with E-state index in [4.69, 9.17) is 0 Å². The van der Waals surface area contributed by atoms with E-state index in [1.807, 2.05) is 24.3 Å². The standard InChI is InChI=1S/C21H30N2O3/c1-16-2-6-18(7-3-16)21(26)10-13-23(14-11-21)15-12-22-20(25)17-4-8-19(24)9-5-17/h2-3,6-7,17,26H,4-5,8-15H2,1H3,(H,22,25). The minimum Gasteiger partial charge on any atom is -0.385 e. The molecular weight excluding hydrogens is 328 g/mol. The summed E-state index contributed by atoms with van der Waals surface area (Å²) in [5.41, 5.74) is 1.47. The Labute approximate surface area is 155 Å². The van der Waals surface area contributed by atoms with E-state index < -0.39 is 5.60 Å². The summed E-state index contributed by atoms with van der Waals surface area (Å²) in [6.07, 6.45) is 3.91. The van der Waals surface area contributed by atoms with Crippen molar-refractivity contribution in [2.45, 2.75) is 51.0 Å². The molecule has 2 N–H and O–H groups in total. The molecule has 1 aliphatic heterocycles. The lowest BCUT2D eigenvalue weighted by molar-refractivity contribution is -0.128. The molecule has 2 fully saturated rings. The molecule has 2 aliphatic rings. The second kappa shape index (κ2) is 8.31. The normalized spacial score (nSPS) is 21.5. The summed E-state index contributed by atoms with van der Waals surface area (Å²) in [7, 11) is 0. The lowest BCUT2D eigenvalue weighted by Gasteiger charge is -2.38. The van der Waals surface area contributed by atoms with Crippen molar-refractivity contribution in [3.05, 3.63) is 35.4 Å². The van der Waals surface area contributed by atoms with Crippen LogP contribution in [-0.4, -0.2) is 47.9 Å². The van der Waals surface area contributed by atoms with Crippen LogP contribution >= 0.6 is 0 Å². The van der Waals surface area contributed by atoms with Gasteiger partial charge >= 0.3 is 0 Å². The summed E-state index contributed by atoms with van der Waals surface area (Å²) < 4.78 is 0. The molecule has 0 aromatic heterocycles. The fourth-order valence-electron chi connectivity index (χ4n) is 3.98. The van der Waals surface area contributed by atoms with Gasteiger partial charge in [-0.05, 0) is 38.2 Å². The molecule has 1 aromatic rings. The van der Waals surface area contributed by atoms with Crippen molar-refractivity contribution in [3.63, 3.8) is 0 Å². The molecule has 1 saturated heterocycles. The molecule has 1 aromatic carbocycles. The SMILES string of the molecule is Cc1ccc(C2(O)CCN(CCNC(=O)C3CCC(=O)CC3)CC2)cc1. The van der Waals surface area contributed by atoms with Crippen LogP contribution in [0.5, 0.6) is 0 Å². The number of aliphatic hydroxyl groups is 1. The number of ketones is 1. The summed E-state index contributed by atoms with van der Waals surface area (Å²) in [5.74, 6) is 0.370. The Morgan fingerprint density at radius 1 is 1.19 bits per heavy atom. The fourth-order valence-corrected chi connectivity index (χ4v) is 3.98. The Balaban J connectivity index is 1.39. The molecule has 1 saturated carbocycles. The highest BCUT2D eigenvalue weighted by Crippen LogP contribution is 2.32. The average Bonchev–Trinajstić information content (AvgIpc) is 2.64. The van der Waals surface area contributed by atoms with Crippen molar-refractivity contribution < 1.29 is 14.7 Å². The number of hydrogen-bond acceptors (Lipinski definition) is 4. The number of likely N-dealkylation sites (tertiary alicyclic amines) is 1. The van der Waals surface area contributed by atoms with E-state index in [9.17, 15) is 14.7 Å². The molecule has 1 aliphatic carbocycles. The highest BCUT2D eigenvalue weighted by atomic mass is 16.3. The number of nitrogens with one attached hydrogen (secondary N) is 1. The number of aryl methyl sites for hydroxylation is 1. The molecule has 3 rings (SSSR count). The van der Waals surface area contributed by atoms with Crippen LogP contribution in [0.4, 0.5) is 0 Å². The van der Waals surface area contributed by atoms with E-state index in [-0.39, 0.29) is 17.6 Å². The van der Waals surface area contributed by atoms with E-state index in [0.29, 0.717) is 32.2 Å². The number of carbonyl (C=O) groups is 2. The van der Waals surface area contributed by atoms with Gasteiger partial charge in [0.1, 0.15) is 5.78 Å². The number of amides is 1. The highest BCUT2D eigenvalue weighted by Gasteiger charge is 2.33. The molecule has 5 heteroatoms. The number of carbonyl (C=O) groups excluding carboxylic acids is 2. The van der Waals surface area contributed by atoms with E-state index in [0.717, 1.165) is 38.0 Å². The predicted molar refractivity (Wildman–Crippen MR) is 101 cm³/mol. The van der Waals surface area contributed by atoms with Crippen LogP contribution in [0.2, 0.25) is 0 Å². The van der Waals surface area contributed by atoms with E-state index in [1.54, 1.807) is 0 Å².